The van der Waals surface area contributed by atoms with Crippen LogP contribution in [0.1, 0.15) is 6.92 Å². The summed E-state index contributed by atoms with van der Waals surface area (Å²) in [5.74, 6) is -0.0115. The van der Waals surface area contributed by atoms with Crippen molar-refractivity contribution in [1.29, 1.82) is 0 Å². The first kappa shape index (κ1) is 28.2. The summed E-state index contributed by atoms with van der Waals surface area (Å²) in [7, 11) is 1.56. The van der Waals surface area contributed by atoms with Crippen molar-refractivity contribution in [2.45, 2.75) is 13.0 Å². The molecule has 0 aliphatic rings. The molecule has 0 spiro atoms. The van der Waals surface area contributed by atoms with Crippen LogP contribution in [-0.4, -0.2) is 64.2 Å². The molecule has 3 aromatic heterocycles. The average Bonchev–Trinajstić information content (AvgIpc) is 3.37. The number of amides is 1. The summed E-state index contributed by atoms with van der Waals surface area (Å²) in [6, 6.07) is 8.30. The molecule has 5 rings (SSSR count). The molecule has 0 bridgehead atoms. The van der Waals surface area contributed by atoms with Crippen molar-refractivity contribution in [2.24, 2.45) is 0 Å². The lowest BCUT2D eigenvalue weighted by molar-refractivity contribution is 0.0969. The maximum atomic E-state index is 14.9. The van der Waals surface area contributed by atoms with Crippen LogP contribution in [0.15, 0.2) is 48.9 Å². The zero-order valence-corrected chi connectivity index (χ0v) is 23.3. The third-order valence-electron chi connectivity index (χ3n) is 5.61. The number of carbonyl (C=O) groups excluding carboxylic acids is 1. The molecule has 0 aliphatic heterocycles. The summed E-state index contributed by atoms with van der Waals surface area (Å²) in [6.07, 6.45) is 2.83. The first-order chi connectivity index (χ1) is 19.8. The number of hydrogen-bond donors (Lipinski definition) is 2. The number of nitrogens with one attached hydrogen (secondary N) is 1. The minimum atomic E-state index is -0.768. The van der Waals surface area contributed by atoms with Gasteiger partial charge in [-0.15, -0.1) is 11.3 Å². The zero-order chi connectivity index (χ0) is 28.9. The molecule has 1 atom stereocenters. The Balaban J connectivity index is 1.25. The number of halogens is 2. The zero-order valence-electron chi connectivity index (χ0n) is 21.8. The third-order valence-corrected chi connectivity index (χ3v) is 6.87. The van der Waals surface area contributed by atoms with Gasteiger partial charge in [-0.1, -0.05) is 11.6 Å². The lowest BCUT2D eigenvalue weighted by atomic mass is 10.1. The van der Waals surface area contributed by atoms with Gasteiger partial charge in [-0.3, -0.25) is 10.3 Å². The van der Waals surface area contributed by atoms with Gasteiger partial charge in [0, 0.05) is 28.1 Å². The Hall–Kier alpha value is -4.33. The second kappa shape index (κ2) is 12.5. The molecule has 0 radical (unpaired) electrons. The summed E-state index contributed by atoms with van der Waals surface area (Å²) in [6.45, 7) is 1.37. The minimum absolute atomic E-state index is 0.00473. The molecular formula is C27H23ClFN5O6S. The standard InChI is InChI=1S/C27H23ClFN5O6S/c1-14(13-39-27(36)33-17-10-31-26(32-11-17)38-4-3-35)40-22-9-23-21(8-20(22)29)34-25(41-23)19-7-16(28)5-15-6-18(37-2)12-30-24(15)19/h5-12,14,35H,3-4,13H2,1-2H3,(H,33,36)/t14-/m0/s1. The Labute approximate surface area is 241 Å². The smallest absolute Gasteiger partial charge is 0.411 e. The van der Waals surface area contributed by atoms with E-state index in [-0.39, 0.29) is 37.3 Å². The summed E-state index contributed by atoms with van der Waals surface area (Å²) in [4.78, 5) is 29.1. The fourth-order valence-electron chi connectivity index (χ4n) is 3.79. The lowest BCUT2D eigenvalue weighted by Crippen LogP contribution is -2.24. The fourth-order valence-corrected chi connectivity index (χ4v) is 5.01. The summed E-state index contributed by atoms with van der Waals surface area (Å²) in [5.41, 5.74) is 2.13. The second-order valence-electron chi connectivity index (χ2n) is 8.65. The fraction of sp³-hybridized carbons (Fsp3) is 0.222. The van der Waals surface area contributed by atoms with Gasteiger partial charge in [-0.25, -0.2) is 24.1 Å². The quantitative estimate of drug-likeness (QED) is 0.212. The second-order valence-corrected chi connectivity index (χ2v) is 10.1. The Kier molecular flexibility index (Phi) is 8.57. The maximum Gasteiger partial charge on any atom is 0.411 e. The molecule has 0 saturated heterocycles. The van der Waals surface area contributed by atoms with Crippen molar-refractivity contribution in [1.82, 2.24) is 19.9 Å². The Morgan fingerprint density at radius 2 is 1.95 bits per heavy atom. The molecule has 0 unspecified atom stereocenters. The van der Waals surface area contributed by atoms with Crippen molar-refractivity contribution in [3.05, 3.63) is 59.8 Å². The number of fused-ring (bicyclic) bond motifs is 2. The number of thiazole rings is 1. The van der Waals surface area contributed by atoms with E-state index in [4.69, 9.17) is 35.7 Å². The van der Waals surface area contributed by atoms with E-state index < -0.39 is 18.0 Å². The summed E-state index contributed by atoms with van der Waals surface area (Å²) < 4.78 is 36.8. The highest BCUT2D eigenvalue weighted by Crippen LogP contribution is 2.38. The molecule has 41 heavy (non-hydrogen) atoms. The monoisotopic (exact) mass is 599 g/mol. The lowest BCUT2D eigenvalue weighted by Gasteiger charge is -2.15. The van der Waals surface area contributed by atoms with Crippen LogP contribution >= 0.6 is 22.9 Å². The van der Waals surface area contributed by atoms with E-state index in [0.29, 0.717) is 37.1 Å². The van der Waals surface area contributed by atoms with E-state index in [2.05, 4.69) is 25.3 Å². The minimum Gasteiger partial charge on any atom is -0.495 e. The van der Waals surface area contributed by atoms with Crippen LogP contribution in [0.25, 0.3) is 31.7 Å². The number of aromatic nitrogens is 4. The van der Waals surface area contributed by atoms with E-state index in [0.717, 1.165) is 5.39 Å². The van der Waals surface area contributed by atoms with Gasteiger partial charge in [-0.05, 0) is 25.1 Å². The maximum absolute atomic E-state index is 14.9. The number of aliphatic hydroxyl groups is 1. The SMILES string of the molecule is COc1cnc2c(-c3nc4cc(F)c(O[C@@H](C)COC(=O)Nc5cnc(OCCO)nc5)cc4s3)cc(Cl)cc2c1. The number of carbonyl (C=O) groups is 1. The number of nitrogens with zero attached hydrogens (tertiary/aromatic N) is 4. The van der Waals surface area contributed by atoms with Crippen LogP contribution in [-0.2, 0) is 4.74 Å². The molecule has 3 heterocycles. The molecule has 2 aromatic carbocycles. The van der Waals surface area contributed by atoms with Crippen molar-refractivity contribution in [2.75, 3.05) is 32.2 Å². The van der Waals surface area contributed by atoms with Gasteiger partial charge in [0.25, 0.3) is 0 Å². The van der Waals surface area contributed by atoms with Crippen LogP contribution < -0.4 is 19.5 Å². The number of anilines is 1. The molecule has 1 amide bonds. The van der Waals surface area contributed by atoms with Gasteiger partial charge in [0.15, 0.2) is 11.6 Å². The largest absolute Gasteiger partial charge is 0.495 e. The van der Waals surface area contributed by atoms with Crippen molar-refractivity contribution in [3.63, 3.8) is 0 Å². The van der Waals surface area contributed by atoms with Crippen molar-refractivity contribution < 1.29 is 33.2 Å². The van der Waals surface area contributed by atoms with Gasteiger partial charge < -0.3 is 24.1 Å². The summed E-state index contributed by atoms with van der Waals surface area (Å²) >= 11 is 7.71. The molecule has 0 saturated carbocycles. The Bertz CT molecular complexity index is 1700. The van der Waals surface area contributed by atoms with Gasteiger partial charge in [0.2, 0.25) is 0 Å². The van der Waals surface area contributed by atoms with Crippen LogP contribution in [0.5, 0.6) is 17.5 Å². The summed E-state index contributed by atoms with van der Waals surface area (Å²) in [5, 5.41) is 13.1. The Morgan fingerprint density at radius 3 is 2.71 bits per heavy atom. The first-order valence-corrected chi connectivity index (χ1v) is 13.4. The van der Waals surface area contributed by atoms with Crippen LogP contribution in [0.3, 0.4) is 0 Å². The average molecular weight is 600 g/mol. The predicted octanol–water partition coefficient (Wildman–Crippen LogP) is 5.49. The highest BCUT2D eigenvalue weighted by Gasteiger charge is 2.17. The van der Waals surface area contributed by atoms with E-state index in [9.17, 15) is 9.18 Å². The Morgan fingerprint density at radius 1 is 1.15 bits per heavy atom. The number of rotatable bonds is 10. The molecule has 0 fully saturated rings. The predicted molar refractivity (Wildman–Crippen MR) is 152 cm³/mol. The van der Waals surface area contributed by atoms with Gasteiger partial charge in [0.1, 0.15) is 30.1 Å². The van der Waals surface area contributed by atoms with E-state index in [1.165, 1.54) is 29.8 Å². The number of aliphatic hydroxyl groups excluding tert-OH is 1. The van der Waals surface area contributed by atoms with Crippen molar-refractivity contribution in [3.8, 4) is 28.1 Å². The number of benzene rings is 2. The topological polar surface area (TPSA) is 138 Å². The highest BCUT2D eigenvalue weighted by molar-refractivity contribution is 7.21. The van der Waals surface area contributed by atoms with Gasteiger partial charge in [-0.2, -0.15) is 0 Å². The van der Waals surface area contributed by atoms with E-state index in [1.807, 2.05) is 6.07 Å². The molecule has 11 nitrogen and oxygen atoms in total. The third kappa shape index (κ3) is 6.70. The van der Waals surface area contributed by atoms with Gasteiger partial charge >= 0.3 is 12.1 Å². The molecule has 14 heteroatoms. The number of pyridine rings is 1. The van der Waals surface area contributed by atoms with Gasteiger partial charge in [0.05, 0.1) is 53.7 Å². The molecule has 0 aliphatic carbocycles. The number of ether oxygens (including phenoxy) is 4. The van der Waals surface area contributed by atoms with E-state index >= 15 is 0 Å². The van der Waals surface area contributed by atoms with Crippen molar-refractivity contribution >= 4 is 55.8 Å². The molecular weight excluding hydrogens is 577 g/mol. The number of hydrogen-bond acceptors (Lipinski definition) is 11. The van der Waals surface area contributed by atoms with Crippen LogP contribution in [0.4, 0.5) is 14.9 Å². The highest BCUT2D eigenvalue weighted by atomic mass is 35.5. The van der Waals surface area contributed by atoms with Crippen LogP contribution in [0, 0.1) is 5.82 Å². The molecule has 212 valence electrons. The molecule has 5 aromatic rings. The number of methoxy groups -OCH3 is 1. The van der Waals surface area contributed by atoms with E-state index in [1.54, 1.807) is 38.4 Å². The van der Waals surface area contributed by atoms with Crippen LogP contribution in [0.2, 0.25) is 5.02 Å². The molecule has 2 N–H and O–H groups in total. The first-order valence-electron chi connectivity index (χ1n) is 12.2. The normalized spacial score (nSPS) is 11.8.